The molecule has 3 nitrogen and oxygen atoms in total. The number of benzene rings is 2. The fraction of sp³-hybridized carbons (Fsp3) is 0.125. The molecule has 0 aliphatic rings. The number of halogens is 1. The Morgan fingerprint density at radius 3 is 2.57 bits per heavy atom. The van der Waals surface area contributed by atoms with Crippen LogP contribution in [0.5, 0.6) is 0 Å². The van der Waals surface area contributed by atoms with Gasteiger partial charge in [-0.1, -0.05) is 36.0 Å². The zero-order chi connectivity index (χ0) is 15.6. The van der Waals surface area contributed by atoms with Gasteiger partial charge in [-0.2, -0.15) is 0 Å². The molecule has 0 aliphatic carbocycles. The second-order valence-corrected chi connectivity index (χ2v) is 5.63. The third-order valence-electron chi connectivity index (χ3n) is 3.34. The first-order valence-electron chi connectivity index (χ1n) is 6.37. The lowest BCUT2D eigenvalue weighted by Crippen LogP contribution is -2.18. The normalized spacial score (nSPS) is 10.2. The Morgan fingerprint density at radius 2 is 1.90 bits per heavy atom. The average Bonchev–Trinajstić information content (AvgIpc) is 2.41. The first-order chi connectivity index (χ1) is 9.90. The van der Waals surface area contributed by atoms with Crippen molar-refractivity contribution in [2.75, 3.05) is 5.32 Å². The molecule has 0 heterocycles. The van der Waals surface area contributed by atoms with Crippen LogP contribution in [0.2, 0.25) is 5.02 Å². The molecule has 1 amide bonds. The smallest absolute Gasteiger partial charge is 0.255 e. The van der Waals surface area contributed by atoms with Crippen LogP contribution in [0.15, 0.2) is 36.4 Å². The lowest BCUT2D eigenvalue weighted by Gasteiger charge is -2.13. The number of nitrogens with two attached hydrogens (primary N) is 1. The summed E-state index contributed by atoms with van der Waals surface area (Å²) in [5, 5.41) is 3.33. The summed E-state index contributed by atoms with van der Waals surface area (Å²) in [6, 6.07) is 10.6. The van der Waals surface area contributed by atoms with Gasteiger partial charge >= 0.3 is 0 Å². The molecule has 0 atom stereocenters. The van der Waals surface area contributed by atoms with Crippen molar-refractivity contribution in [3.05, 3.63) is 63.7 Å². The number of aryl methyl sites for hydroxylation is 1. The summed E-state index contributed by atoms with van der Waals surface area (Å²) in [5.41, 5.74) is 9.39. The van der Waals surface area contributed by atoms with Gasteiger partial charge in [0.2, 0.25) is 0 Å². The number of anilines is 1. The molecular formula is C16H15ClN2OS. The summed E-state index contributed by atoms with van der Waals surface area (Å²) in [5.74, 6) is -0.212. The van der Waals surface area contributed by atoms with Gasteiger partial charge in [0.1, 0.15) is 4.99 Å². The molecule has 108 valence electrons. The van der Waals surface area contributed by atoms with Crippen LogP contribution in [-0.4, -0.2) is 10.9 Å². The van der Waals surface area contributed by atoms with Crippen molar-refractivity contribution < 1.29 is 4.79 Å². The van der Waals surface area contributed by atoms with Crippen molar-refractivity contribution in [3.8, 4) is 0 Å². The topological polar surface area (TPSA) is 55.1 Å². The maximum absolute atomic E-state index is 12.4. The van der Waals surface area contributed by atoms with E-state index in [0.717, 1.165) is 11.1 Å². The standard InChI is InChI=1S/C16H15ClN2OS/c1-9-4-3-5-12(10(9)2)16(20)19-14-8-11(17)6-7-13(14)15(18)21/h3-8H,1-2H3,(H2,18,21)(H,19,20). The SMILES string of the molecule is Cc1cccc(C(=O)Nc2cc(Cl)ccc2C(N)=S)c1C. The fourth-order valence-electron chi connectivity index (χ4n) is 2.02. The highest BCUT2D eigenvalue weighted by molar-refractivity contribution is 7.80. The van der Waals surface area contributed by atoms with Crippen molar-refractivity contribution in [2.45, 2.75) is 13.8 Å². The predicted molar refractivity (Wildman–Crippen MR) is 91.2 cm³/mol. The van der Waals surface area contributed by atoms with Gasteiger partial charge in [0.25, 0.3) is 5.91 Å². The molecular weight excluding hydrogens is 304 g/mol. The Kier molecular flexibility index (Phi) is 4.60. The number of thiocarbonyl (C=S) groups is 1. The quantitative estimate of drug-likeness (QED) is 0.845. The van der Waals surface area contributed by atoms with Crippen molar-refractivity contribution in [3.63, 3.8) is 0 Å². The molecule has 2 aromatic carbocycles. The molecule has 0 saturated carbocycles. The monoisotopic (exact) mass is 318 g/mol. The third-order valence-corrected chi connectivity index (χ3v) is 3.80. The molecule has 2 rings (SSSR count). The Balaban J connectivity index is 2.38. The molecule has 0 unspecified atom stereocenters. The molecule has 0 aromatic heterocycles. The molecule has 0 spiro atoms. The minimum atomic E-state index is -0.212. The van der Waals surface area contributed by atoms with Gasteiger partial charge in [0.05, 0.1) is 5.69 Å². The van der Waals surface area contributed by atoms with Crippen LogP contribution in [0.1, 0.15) is 27.0 Å². The average molecular weight is 319 g/mol. The highest BCUT2D eigenvalue weighted by atomic mass is 35.5. The number of rotatable bonds is 3. The zero-order valence-electron chi connectivity index (χ0n) is 11.7. The molecule has 2 aromatic rings. The van der Waals surface area contributed by atoms with E-state index in [1.165, 1.54) is 0 Å². The van der Waals surface area contributed by atoms with E-state index in [4.69, 9.17) is 29.6 Å². The summed E-state index contributed by atoms with van der Waals surface area (Å²) in [7, 11) is 0. The second kappa shape index (κ2) is 6.24. The lowest BCUT2D eigenvalue weighted by atomic mass is 10.0. The molecule has 0 bridgehead atoms. The van der Waals surface area contributed by atoms with Crippen LogP contribution < -0.4 is 11.1 Å². The minimum Gasteiger partial charge on any atom is -0.389 e. The maximum Gasteiger partial charge on any atom is 0.255 e. The van der Waals surface area contributed by atoms with Crippen molar-refractivity contribution in [1.82, 2.24) is 0 Å². The Hall–Kier alpha value is -1.91. The molecule has 21 heavy (non-hydrogen) atoms. The number of carbonyl (C=O) groups is 1. The van der Waals surface area contributed by atoms with Gasteiger partial charge in [0, 0.05) is 16.1 Å². The maximum atomic E-state index is 12.4. The Morgan fingerprint density at radius 1 is 1.19 bits per heavy atom. The summed E-state index contributed by atoms with van der Waals surface area (Å²) in [6.07, 6.45) is 0. The van der Waals surface area contributed by atoms with E-state index < -0.39 is 0 Å². The van der Waals surface area contributed by atoms with Crippen LogP contribution in [-0.2, 0) is 0 Å². The van der Waals surface area contributed by atoms with Crippen molar-refractivity contribution >= 4 is 40.4 Å². The van der Waals surface area contributed by atoms with E-state index in [-0.39, 0.29) is 10.9 Å². The number of carbonyl (C=O) groups excluding carboxylic acids is 1. The van der Waals surface area contributed by atoms with E-state index in [0.29, 0.717) is 21.8 Å². The van der Waals surface area contributed by atoms with Crippen molar-refractivity contribution in [2.24, 2.45) is 5.73 Å². The van der Waals surface area contributed by atoms with E-state index in [2.05, 4.69) is 5.32 Å². The van der Waals surface area contributed by atoms with Gasteiger partial charge < -0.3 is 11.1 Å². The molecule has 0 radical (unpaired) electrons. The Labute approximate surface area is 134 Å². The predicted octanol–water partition coefficient (Wildman–Crippen LogP) is 3.84. The first kappa shape index (κ1) is 15.5. The van der Waals surface area contributed by atoms with Crippen LogP contribution >= 0.6 is 23.8 Å². The van der Waals surface area contributed by atoms with Crippen LogP contribution in [0, 0.1) is 13.8 Å². The number of hydrogen-bond donors (Lipinski definition) is 2. The van der Waals surface area contributed by atoms with Crippen molar-refractivity contribution in [1.29, 1.82) is 0 Å². The number of nitrogens with one attached hydrogen (secondary N) is 1. The van der Waals surface area contributed by atoms with Crippen LogP contribution in [0.3, 0.4) is 0 Å². The largest absolute Gasteiger partial charge is 0.389 e. The molecule has 5 heteroatoms. The molecule has 3 N–H and O–H groups in total. The van der Waals surface area contributed by atoms with E-state index in [9.17, 15) is 4.79 Å². The number of amides is 1. The third kappa shape index (κ3) is 3.40. The highest BCUT2D eigenvalue weighted by Gasteiger charge is 2.13. The first-order valence-corrected chi connectivity index (χ1v) is 7.15. The van der Waals surface area contributed by atoms with E-state index in [1.54, 1.807) is 24.3 Å². The number of hydrogen-bond acceptors (Lipinski definition) is 2. The van der Waals surface area contributed by atoms with Gasteiger partial charge in [0.15, 0.2) is 0 Å². The molecule has 0 aliphatic heterocycles. The van der Waals surface area contributed by atoms with Gasteiger partial charge in [-0.15, -0.1) is 0 Å². The highest BCUT2D eigenvalue weighted by Crippen LogP contribution is 2.22. The van der Waals surface area contributed by atoms with Gasteiger partial charge in [-0.05, 0) is 49.2 Å². The van der Waals surface area contributed by atoms with E-state index in [1.807, 2.05) is 26.0 Å². The summed E-state index contributed by atoms with van der Waals surface area (Å²) >= 11 is 11.0. The molecule has 0 fully saturated rings. The second-order valence-electron chi connectivity index (χ2n) is 4.76. The minimum absolute atomic E-state index is 0.211. The summed E-state index contributed by atoms with van der Waals surface area (Å²) in [6.45, 7) is 3.88. The Bertz CT molecular complexity index is 728. The summed E-state index contributed by atoms with van der Waals surface area (Å²) < 4.78 is 0. The summed E-state index contributed by atoms with van der Waals surface area (Å²) in [4.78, 5) is 12.6. The zero-order valence-corrected chi connectivity index (χ0v) is 13.3. The van der Waals surface area contributed by atoms with Crippen LogP contribution in [0.4, 0.5) is 5.69 Å². The van der Waals surface area contributed by atoms with Crippen LogP contribution in [0.25, 0.3) is 0 Å². The fourth-order valence-corrected chi connectivity index (χ4v) is 2.37. The van der Waals surface area contributed by atoms with Gasteiger partial charge in [-0.3, -0.25) is 4.79 Å². The molecule has 0 saturated heterocycles. The van der Waals surface area contributed by atoms with E-state index >= 15 is 0 Å². The van der Waals surface area contributed by atoms with Gasteiger partial charge in [-0.25, -0.2) is 0 Å². The lowest BCUT2D eigenvalue weighted by molar-refractivity contribution is 0.102.